The number of hydrogen-bond donors (Lipinski definition) is 1. The molecule has 2 amide bonds. The van der Waals surface area contributed by atoms with Crippen LogP contribution in [0.5, 0.6) is 0 Å². The van der Waals surface area contributed by atoms with E-state index in [0.29, 0.717) is 21.5 Å². The summed E-state index contributed by atoms with van der Waals surface area (Å²) in [7, 11) is 0. The standard InChI is InChI=1S/C15H16ClN3O2/c1-9(2)19(8-13(17)20)15(21)12-7-18-14(16)11-6-4-3-5-10(11)12/h3-7,9H,8H2,1-2H3,(H2,17,20). The Balaban J connectivity index is 2.52. The highest BCUT2D eigenvalue weighted by molar-refractivity contribution is 6.34. The highest BCUT2D eigenvalue weighted by Crippen LogP contribution is 2.25. The van der Waals surface area contributed by atoms with E-state index < -0.39 is 5.91 Å². The first-order valence-electron chi connectivity index (χ1n) is 6.54. The first-order chi connectivity index (χ1) is 9.91. The molecule has 21 heavy (non-hydrogen) atoms. The number of primary amides is 1. The Hall–Kier alpha value is -2.14. The van der Waals surface area contributed by atoms with E-state index in [1.165, 1.54) is 11.1 Å². The summed E-state index contributed by atoms with van der Waals surface area (Å²) in [6, 6.07) is 7.10. The number of halogens is 1. The maximum absolute atomic E-state index is 12.7. The van der Waals surface area contributed by atoms with Gasteiger partial charge in [0.15, 0.2) is 0 Å². The molecule has 0 aliphatic heterocycles. The van der Waals surface area contributed by atoms with Crippen molar-refractivity contribution in [3.8, 4) is 0 Å². The first-order valence-corrected chi connectivity index (χ1v) is 6.92. The van der Waals surface area contributed by atoms with Gasteiger partial charge in [-0.05, 0) is 19.2 Å². The van der Waals surface area contributed by atoms with Crippen LogP contribution < -0.4 is 5.73 Å². The zero-order chi connectivity index (χ0) is 15.6. The lowest BCUT2D eigenvalue weighted by molar-refractivity contribution is -0.119. The van der Waals surface area contributed by atoms with Gasteiger partial charge in [0.2, 0.25) is 5.91 Å². The number of aromatic nitrogens is 1. The summed E-state index contributed by atoms with van der Waals surface area (Å²) in [5, 5.41) is 1.75. The number of carbonyl (C=O) groups is 2. The Bertz CT molecular complexity index is 700. The van der Waals surface area contributed by atoms with Crippen molar-refractivity contribution in [2.75, 3.05) is 6.54 Å². The lowest BCUT2D eigenvalue weighted by Gasteiger charge is -2.25. The van der Waals surface area contributed by atoms with Crippen LogP contribution in [-0.2, 0) is 4.79 Å². The van der Waals surface area contributed by atoms with Gasteiger partial charge in [-0.15, -0.1) is 0 Å². The van der Waals surface area contributed by atoms with Gasteiger partial charge in [-0.1, -0.05) is 35.9 Å². The molecule has 1 aromatic carbocycles. The van der Waals surface area contributed by atoms with Gasteiger partial charge in [0.05, 0.1) is 12.1 Å². The molecule has 2 rings (SSSR count). The minimum Gasteiger partial charge on any atom is -0.368 e. The number of nitrogens with zero attached hydrogens (tertiary/aromatic N) is 2. The number of hydrogen-bond acceptors (Lipinski definition) is 3. The molecule has 0 saturated carbocycles. The summed E-state index contributed by atoms with van der Waals surface area (Å²) in [6.07, 6.45) is 1.43. The van der Waals surface area contributed by atoms with Crippen molar-refractivity contribution in [1.82, 2.24) is 9.88 Å². The van der Waals surface area contributed by atoms with E-state index in [0.717, 1.165) is 0 Å². The number of nitrogens with two attached hydrogens (primary N) is 1. The SMILES string of the molecule is CC(C)N(CC(N)=O)C(=O)c1cnc(Cl)c2ccccc12. The van der Waals surface area contributed by atoms with Crippen molar-refractivity contribution in [3.05, 3.63) is 41.2 Å². The zero-order valence-corrected chi connectivity index (χ0v) is 12.6. The van der Waals surface area contributed by atoms with Gasteiger partial charge >= 0.3 is 0 Å². The molecule has 0 fully saturated rings. The van der Waals surface area contributed by atoms with Crippen LogP contribution in [0.4, 0.5) is 0 Å². The van der Waals surface area contributed by atoms with Crippen LogP contribution in [0.15, 0.2) is 30.5 Å². The summed E-state index contributed by atoms with van der Waals surface area (Å²) in [6.45, 7) is 3.52. The molecule has 0 atom stereocenters. The minimum absolute atomic E-state index is 0.131. The van der Waals surface area contributed by atoms with Crippen molar-refractivity contribution in [1.29, 1.82) is 0 Å². The molecule has 0 aliphatic rings. The maximum Gasteiger partial charge on any atom is 0.256 e. The number of amides is 2. The number of rotatable bonds is 4. The van der Waals surface area contributed by atoms with Crippen molar-refractivity contribution < 1.29 is 9.59 Å². The minimum atomic E-state index is -0.553. The maximum atomic E-state index is 12.7. The summed E-state index contributed by atoms with van der Waals surface area (Å²) in [5.41, 5.74) is 5.62. The Labute approximate surface area is 127 Å². The van der Waals surface area contributed by atoms with Crippen LogP contribution in [-0.4, -0.2) is 34.3 Å². The van der Waals surface area contributed by atoms with Crippen LogP contribution in [0.3, 0.4) is 0 Å². The average molecular weight is 306 g/mol. The molecule has 0 unspecified atom stereocenters. The number of pyridine rings is 1. The number of benzene rings is 1. The first kappa shape index (κ1) is 15.3. The molecular formula is C15H16ClN3O2. The Kier molecular flexibility index (Phi) is 4.43. The highest BCUT2D eigenvalue weighted by atomic mass is 35.5. The second kappa shape index (κ2) is 6.10. The van der Waals surface area contributed by atoms with Gasteiger partial charge in [0.25, 0.3) is 5.91 Å². The summed E-state index contributed by atoms with van der Waals surface area (Å²) < 4.78 is 0. The molecule has 0 aliphatic carbocycles. The summed E-state index contributed by atoms with van der Waals surface area (Å²) in [5.74, 6) is -0.840. The van der Waals surface area contributed by atoms with E-state index in [9.17, 15) is 9.59 Å². The van der Waals surface area contributed by atoms with Crippen molar-refractivity contribution in [2.45, 2.75) is 19.9 Å². The van der Waals surface area contributed by atoms with E-state index in [-0.39, 0.29) is 18.5 Å². The second-order valence-corrected chi connectivity index (χ2v) is 5.36. The van der Waals surface area contributed by atoms with Crippen LogP contribution >= 0.6 is 11.6 Å². The second-order valence-electron chi connectivity index (χ2n) is 5.00. The van der Waals surface area contributed by atoms with E-state index >= 15 is 0 Å². The third-order valence-corrected chi connectivity index (χ3v) is 3.49. The fraction of sp³-hybridized carbons (Fsp3) is 0.267. The van der Waals surface area contributed by atoms with E-state index in [4.69, 9.17) is 17.3 Å². The van der Waals surface area contributed by atoms with E-state index in [1.807, 2.05) is 26.0 Å². The molecule has 6 heteroatoms. The Morgan fingerprint density at radius 2 is 1.90 bits per heavy atom. The van der Waals surface area contributed by atoms with Crippen molar-refractivity contribution in [3.63, 3.8) is 0 Å². The fourth-order valence-electron chi connectivity index (χ4n) is 2.14. The molecule has 0 bridgehead atoms. The van der Waals surface area contributed by atoms with Gasteiger partial charge in [-0.3, -0.25) is 9.59 Å². The van der Waals surface area contributed by atoms with Gasteiger partial charge in [0.1, 0.15) is 5.15 Å². The van der Waals surface area contributed by atoms with Crippen LogP contribution in [0.2, 0.25) is 5.15 Å². The summed E-state index contributed by atoms with van der Waals surface area (Å²) in [4.78, 5) is 29.3. The quantitative estimate of drug-likeness (QED) is 0.880. The van der Waals surface area contributed by atoms with E-state index in [1.54, 1.807) is 12.1 Å². The summed E-state index contributed by atoms with van der Waals surface area (Å²) >= 11 is 6.05. The largest absolute Gasteiger partial charge is 0.368 e. The number of fused-ring (bicyclic) bond motifs is 1. The molecule has 0 radical (unpaired) electrons. The van der Waals surface area contributed by atoms with Crippen LogP contribution in [0, 0.1) is 0 Å². The molecule has 1 aromatic heterocycles. The fourth-order valence-corrected chi connectivity index (χ4v) is 2.35. The lowest BCUT2D eigenvalue weighted by atomic mass is 10.1. The third kappa shape index (κ3) is 3.13. The Morgan fingerprint density at radius 1 is 1.29 bits per heavy atom. The Morgan fingerprint density at radius 3 is 2.48 bits per heavy atom. The van der Waals surface area contributed by atoms with Gasteiger partial charge < -0.3 is 10.6 Å². The average Bonchev–Trinajstić information content (AvgIpc) is 2.44. The van der Waals surface area contributed by atoms with Gasteiger partial charge in [-0.25, -0.2) is 4.98 Å². The monoisotopic (exact) mass is 305 g/mol. The van der Waals surface area contributed by atoms with Gasteiger partial charge in [-0.2, -0.15) is 0 Å². The normalized spacial score (nSPS) is 10.9. The van der Waals surface area contributed by atoms with Gasteiger partial charge in [0, 0.05) is 17.6 Å². The number of carbonyl (C=O) groups excluding carboxylic acids is 2. The van der Waals surface area contributed by atoms with Crippen molar-refractivity contribution in [2.24, 2.45) is 5.73 Å². The molecule has 0 saturated heterocycles. The third-order valence-electron chi connectivity index (χ3n) is 3.19. The molecule has 110 valence electrons. The predicted octanol–water partition coefficient (Wildman–Crippen LogP) is 2.22. The molecule has 5 nitrogen and oxygen atoms in total. The smallest absolute Gasteiger partial charge is 0.256 e. The topological polar surface area (TPSA) is 76.3 Å². The van der Waals surface area contributed by atoms with Crippen LogP contribution in [0.1, 0.15) is 24.2 Å². The lowest BCUT2D eigenvalue weighted by Crippen LogP contribution is -2.42. The molecule has 0 spiro atoms. The van der Waals surface area contributed by atoms with Crippen LogP contribution in [0.25, 0.3) is 10.8 Å². The molecule has 1 heterocycles. The zero-order valence-electron chi connectivity index (χ0n) is 11.8. The highest BCUT2D eigenvalue weighted by Gasteiger charge is 2.23. The molecule has 2 N–H and O–H groups in total. The molecular weight excluding hydrogens is 290 g/mol. The molecule has 2 aromatic rings. The van der Waals surface area contributed by atoms with Crippen molar-refractivity contribution >= 4 is 34.2 Å². The predicted molar refractivity (Wildman–Crippen MR) is 82.1 cm³/mol. The van der Waals surface area contributed by atoms with E-state index in [2.05, 4.69) is 4.98 Å².